The van der Waals surface area contributed by atoms with Gasteiger partial charge in [0.25, 0.3) is 0 Å². The molecule has 3 nitrogen and oxygen atoms in total. The first-order chi connectivity index (χ1) is 23.3. The number of rotatable bonds is 3. The summed E-state index contributed by atoms with van der Waals surface area (Å²) >= 11 is 0. The highest BCUT2D eigenvalue weighted by Gasteiger charge is 2.20. The van der Waals surface area contributed by atoms with Crippen molar-refractivity contribution in [1.82, 2.24) is 14.5 Å². The van der Waals surface area contributed by atoms with Crippen LogP contribution in [0.5, 0.6) is 0 Å². The molecule has 0 aliphatic heterocycles. The van der Waals surface area contributed by atoms with E-state index in [1.54, 1.807) is 0 Å². The van der Waals surface area contributed by atoms with E-state index in [9.17, 15) is 0 Å². The van der Waals surface area contributed by atoms with Gasteiger partial charge in [-0.2, -0.15) is 0 Å². The molecular formula is C44H27N3. The van der Waals surface area contributed by atoms with E-state index in [-0.39, 0.29) is 0 Å². The van der Waals surface area contributed by atoms with Gasteiger partial charge in [-0.15, -0.1) is 0 Å². The van der Waals surface area contributed by atoms with E-state index >= 15 is 0 Å². The standard InChI is InChI=1S/C44H27N3/c1-2-13-29(14-3-1)44-45-38-21-11-10-20-36(38)43(46-44)35-23-25-39(34-19-9-8-18-33(34)35)47-40-24-22-28-12-6-7-17-32(28)42(40)37-26-30-15-4-5-16-31(30)27-41(37)47/h1-27H. The monoisotopic (exact) mass is 597 g/mol. The first kappa shape index (κ1) is 26.0. The minimum Gasteiger partial charge on any atom is -0.309 e. The molecule has 0 radical (unpaired) electrons. The Morgan fingerprint density at radius 2 is 1.06 bits per heavy atom. The molecular weight excluding hydrogens is 571 g/mol. The van der Waals surface area contributed by atoms with Crippen molar-refractivity contribution in [3.05, 3.63) is 164 Å². The van der Waals surface area contributed by atoms with Crippen molar-refractivity contribution in [1.29, 1.82) is 0 Å². The Kier molecular flexibility index (Phi) is 5.57. The van der Waals surface area contributed by atoms with Crippen LogP contribution in [0.2, 0.25) is 0 Å². The number of para-hydroxylation sites is 1. The smallest absolute Gasteiger partial charge is 0.160 e. The van der Waals surface area contributed by atoms with Gasteiger partial charge in [0.1, 0.15) is 0 Å². The molecule has 10 rings (SSSR count). The van der Waals surface area contributed by atoms with Crippen molar-refractivity contribution in [3.63, 3.8) is 0 Å². The van der Waals surface area contributed by atoms with Gasteiger partial charge in [0.05, 0.1) is 27.9 Å². The number of hydrogen-bond donors (Lipinski definition) is 0. The zero-order valence-electron chi connectivity index (χ0n) is 25.4. The Morgan fingerprint density at radius 1 is 0.404 bits per heavy atom. The Morgan fingerprint density at radius 3 is 1.89 bits per heavy atom. The third kappa shape index (κ3) is 3.93. The minimum absolute atomic E-state index is 0.730. The summed E-state index contributed by atoms with van der Waals surface area (Å²) in [5.74, 6) is 0.730. The SMILES string of the molecule is c1ccc(-c2nc(-c3ccc(-n4c5cc6ccccc6cc5c5c6ccccc6ccc54)c4ccccc34)c3ccccc3n2)cc1. The molecule has 0 spiro atoms. The minimum atomic E-state index is 0.730. The van der Waals surface area contributed by atoms with Gasteiger partial charge in [0, 0.05) is 32.7 Å². The van der Waals surface area contributed by atoms with Crippen molar-refractivity contribution >= 4 is 65.0 Å². The zero-order chi connectivity index (χ0) is 30.9. The van der Waals surface area contributed by atoms with Crippen LogP contribution in [0.3, 0.4) is 0 Å². The summed E-state index contributed by atoms with van der Waals surface area (Å²) < 4.78 is 2.46. The fraction of sp³-hybridized carbons (Fsp3) is 0. The molecule has 8 aromatic carbocycles. The lowest BCUT2D eigenvalue weighted by molar-refractivity contribution is 1.20. The van der Waals surface area contributed by atoms with Gasteiger partial charge in [0.2, 0.25) is 0 Å². The van der Waals surface area contributed by atoms with E-state index in [0.717, 1.165) is 44.6 Å². The van der Waals surface area contributed by atoms with Crippen LogP contribution in [0.15, 0.2) is 164 Å². The van der Waals surface area contributed by atoms with E-state index in [1.807, 2.05) is 24.3 Å². The predicted molar refractivity (Wildman–Crippen MR) is 197 cm³/mol. The first-order valence-corrected chi connectivity index (χ1v) is 16.0. The van der Waals surface area contributed by atoms with Gasteiger partial charge in [-0.3, -0.25) is 0 Å². The summed E-state index contributed by atoms with van der Waals surface area (Å²) in [5.41, 5.74) is 7.53. The van der Waals surface area contributed by atoms with Gasteiger partial charge in [-0.1, -0.05) is 133 Å². The normalized spacial score (nSPS) is 11.8. The van der Waals surface area contributed by atoms with Crippen LogP contribution >= 0.6 is 0 Å². The number of nitrogens with zero attached hydrogens (tertiary/aromatic N) is 3. The average Bonchev–Trinajstić information content (AvgIpc) is 3.46. The molecule has 0 bridgehead atoms. The molecule has 0 aliphatic rings. The Hall–Kier alpha value is -6.32. The molecule has 2 aromatic heterocycles. The lowest BCUT2D eigenvalue weighted by Crippen LogP contribution is -1.99. The average molecular weight is 598 g/mol. The van der Waals surface area contributed by atoms with Crippen molar-refractivity contribution in [2.75, 3.05) is 0 Å². The molecule has 47 heavy (non-hydrogen) atoms. The largest absolute Gasteiger partial charge is 0.309 e. The summed E-state index contributed by atoms with van der Waals surface area (Å²) in [7, 11) is 0. The van der Waals surface area contributed by atoms with E-state index in [0.29, 0.717) is 0 Å². The molecule has 0 unspecified atom stereocenters. The number of fused-ring (bicyclic) bond motifs is 8. The third-order valence-corrected chi connectivity index (χ3v) is 9.55. The van der Waals surface area contributed by atoms with Crippen LogP contribution < -0.4 is 0 Å². The van der Waals surface area contributed by atoms with Crippen LogP contribution in [0, 0.1) is 0 Å². The lowest BCUT2D eigenvalue weighted by Gasteiger charge is -2.16. The maximum Gasteiger partial charge on any atom is 0.160 e. The van der Waals surface area contributed by atoms with E-state index in [2.05, 4.69) is 144 Å². The fourth-order valence-corrected chi connectivity index (χ4v) is 7.42. The van der Waals surface area contributed by atoms with Gasteiger partial charge in [-0.25, -0.2) is 9.97 Å². The molecule has 0 atom stereocenters. The molecule has 0 N–H and O–H groups in total. The maximum absolute atomic E-state index is 5.23. The number of hydrogen-bond acceptors (Lipinski definition) is 2. The summed E-state index contributed by atoms with van der Waals surface area (Å²) in [6, 6.07) is 58.5. The van der Waals surface area contributed by atoms with Crippen molar-refractivity contribution < 1.29 is 0 Å². The molecule has 0 aliphatic carbocycles. The third-order valence-electron chi connectivity index (χ3n) is 9.55. The quantitative estimate of drug-likeness (QED) is 0.203. The van der Waals surface area contributed by atoms with Gasteiger partial charge < -0.3 is 4.57 Å². The molecule has 3 heteroatoms. The van der Waals surface area contributed by atoms with Crippen molar-refractivity contribution in [2.45, 2.75) is 0 Å². The van der Waals surface area contributed by atoms with E-state index in [1.165, 1.54) is 48.7 Å². The second-order valence-electron chi connectivity index (χ2n) is 12.2. The Bertz CT molecular complexity index is 2850. The number of benzene rings is 8. The fourth-order valence-electron chi connectivity index (χ4n) is 7.42. The molecule has 0 saturated heterocycles. The molecule has 0 amide bonds. The molecule has 10 aromatic rings. The van der Waals surface area contributed by atoms with Gasteiger partial charge in [-0.05, 0) is 57.3 Å². The Labute approximate surface area is 271 Å². The van der Waals surface area contributed by atoms with Crippen molar-refractivity contribution in [3.8, 4) is 28.3 Å². The molecule has 0 saturated carbocycles. The molecule has 0 fully saturated rings. The summed E-state index contributed by atoms with van der Waals surface area (Å²) in [6.45, 7) is 0. The van der Waals surface area contributed by atoms with E-state index < -0.39 is 0 Å². The molecule has 2 heterocycles. The van der Waals surface area contributed by atoms with Crippen LogP contribution in [0.1, 0.15) is 0 Å². The second kappa shape index (κ2) is 10.1. The second-order valence-corrected chi connectivity index (χ2v) is 12.2. The summed E-state index contributed by atoms with van der Waals surface area (Å²) in [6.07, 6.45) is 0. The van der Waals surface area contributed by atoms with E-state index in [4.69, 9.17) is 9.97 Å². The summed E-state index contributed by atoms with van der Waals surface area (Å²) in [4.78, 5) is 10.2. The van der Waals surface area contributed by atoms with Crippen LogP contribution in [0.25, 0.3) is 93.4 Å². The number of aromatic nitrogens is 3. The first-order valence-electron chi connectivity index (χ1n) is 16.0. The predicted octanol–water partition coefficient (Wildman–Crippen LogP) is 11.5. The van der Waals surface area contributed by atoms with Crippen LogP contribution in [-0.4, -0.2) is 14.5 Å². The maximum atomic E-state index is 5.23. The summed E-state index contributed by atoms with van der Waals surface area (Å²) in [5, 5.41) is 10.9. The topological polar surface area (TPSA) is 30.7 Å². The highest BCUT2D eigenvalue weighted by molar-refractivity contribution is 6.24. The molecule has 218 valence electrons. The highest BCUT2D eigenvalue weighted by atomic mass is 15.0. The zero-order valence-corrected chi connectivity index (χ0v) is 25.4. The lowest BCUT2D eigenvalue weighted by atomic mass is 9.97. The van der Waals surface area contributed by atoms with Gasteiger partial charge in [0.15, 0.2) is 5.82 Å². The van der Waals surface area contributed by atoms with Crippen LogP contribution in [-0.2, 0) is 0 Å². The van der Waals surface area contributed by atoms with Gasteiger partial charge >= 0.3 is 0 Å². The van der Waals surface area contributed by atoms with Crippen LogP contribution in [0.4, 0.5) is 0 Å². The highest BCUT2D eigenvalue weighted by Crippen LogP contribution is 2.42. The Balaban J connectivity index is 1.30. The van der Waals surface area contributed by atoms with Crippen molar-refractivity contribution in [2.24, 2.45) is 0 Å².